The third-order valence-electron chi connectivity index (χ3n) is 2.32. The zero-order valence-electron chi connectivity index (χ0n) is 10.0. The molecule has 0 spiro atoms. The molecule has 88 valence electrons. The summed E-state index contributed by atoms with van der Waals surface area (Å²) in [5, 5.41) is 3.30. The molecule has 0 aliphatic heterocycles. The summed E-state index contributed by atoms with van der Waals surface area (Å²) in [5.41, 5.74) is 1.51. The van der Waals surface area contributed by atoms with Crippen molar-refractivity contribution >= 4 is 23.1 Å². The van der Waals surface area contributed by atoms with Gasteiger partial charge in [0.05, 0.1) is 0 Å². The molecule has 3 heteroatoms. The molecule has 0 heterocycles. The molecule has 0 saturated carbocycles. The molecule has 0 atom stereocenters. The van der Waals surface area contributed by atoms with Crippen LogP contribution in [0.2, 0.25) is 0 Å². The van der Waals surface area contributed by atoms with Crippen molar-refractivity contribution in [3.05, 3.63) is 29.8 Å². The van der Waals surface area contributed by atoms with Crippen LogP contribution in [0.3, 0.4) is 0 Å². The van der Waals surface area contributed by atoms with Gasteiger partial charge in [0.25, 0.3) is 0 Å². The van der Waals surface area contributed by atoms with E-state index in [-0.39, 0.29) is 11.3 Å². The number of hydrogen-bond donors (Lipinski definition) is 1. The van der Waals surface area contributed by atoms with Gasteiger partial charge in [0.1, 0.15) is 0 Å². The van der Waals surface area contributed by atoms with Gasteiger partial charge in [0, 0.05) is 29.1 Å². The van der Waals surface area contributed by atoms with Gasteiger partial charge in [-0.2, -0.15) is 0 Å². The Morgan fingerprint density at radius 3 is 2.69 bits per heavy atom. The number of nitrogens with one attached hydrogen (secondary N) is 1. The topological polar surface area (TPSA) is 29.1 Å². The number of halogens is 1. The maximum Gasteiger partial charge on any atom is 0.162 e. The van der Waals surface area contributed by atoms with Crippen molar-refractivity contribution < 1.29 is 4.79 Å². The lowest BCUT2D eigenvalue weighted by Crippen LogP contribution is -2.32. The standard InChI is InChI=1S/C13H18ClNO/c1-4-12(16)10-6-5-7-11(8-10)15-13(2,3)9-14/h5-8,15H,4,9H2,1-3H3. The van der Waals surface area contributed by atoms with Crippen LogP contribution in [0.4, 0.5) is 5.69 Å². The Morgan fingerprint density at radius 2 is 2.12 bits per heavy atom. The minimum Gasteiger partial charge on any atom is -0.379 e. The second-order valence-corrected chi connectivity index (χ2v) is 4.77. The molecule has 1 rings (SSSR count). The van der Waals surface area contributed by atoms with E-state index in [0.29, 0.717) is 12.3 Å². The SMILES string of the molecule is CCC(=O)c1cccc(NC(C)(C)CCl)c1. The van der Waals surface area contributed by atoms with E-state index in [0.717, 1.165) is 11.3 Å². The van der Waals surface area contributed by atoms with Crippen LogP contribution >= 0.6 is 11.6 Å². The van der Waals surface area contributed by atoms with E-state index in [1.165, 1.54) is 0 Å². The van der Waals surface area contributed by atoms with Crippen molar-refractivity contribution in [3.63, 3.8) is 0 Å². The first-order chi connectivity index (χ1) is 7.48. The fraction of sp³-hybridized carbons (Fsp3) is 0.462. The summed E-state index contributed by atoms with van der Waals surface area (Å²) in [5.74, 6) is 0.672. The number of ketones is 1. The molecule has 0 fully saturated rings. The van der Waals surface area contributed by atoms with Crippen LogP contribution in [0.25, 0.3) is 0 Å². The van der Waals surface area contributed by atoms with E-state index in [1.54, 1.807) is 0 Å². The molecule has 1 aromatic rings. The molecule has 16 heavy (non-hydrogen) atoms. The van der Waals surface area contributed by atoms with E-state index in [4.69, 9.17) is 11.6 Å². The van der Waals surface area contributed by atoms with Gasteiger partial charge in [-0.1, -0.05) is 19.1 Å². The third-order valence-corrected chi connectivity index (χ3v) is 2.99. The van der Waals surface area contributed by atoms with Gasteiger partial charge in [-0.3, -0.25) is 4.79 Å². The predicted octanol–water partition coefficient (Wildman–Crippen LogP) is 3.71. The summed E-state index contributed by atoms with van der Waals surface area (Å²) < 4.78 is 0. The molecular weight excluding hydrogens is 222 g/mol. The molecule has 0 bridgehead atoms. The predicted molar refractivity (Wildman–Crippen MR) is 69.5 cm³/mol. The van der Waals surface area contributed by atoms with E-state index < -0.39 is 0 Å². The Kier molecular flexibility index (Phi) is 4.36. The van der Waals surface area contributed by atoms with E-state index in [1.807, 2.05) is 45.0 Å². The van der Waals surface area contributed by atoms with Crippen molar-refractivity contribution in [1.82, 2.24) is 0 Å². The highest BCUT2D eigenvalue weighted by atomic mass is 35.5. The van der Waals surface area contributed by atoms with Crippen LogP contribution in [-0.2, 0) is 0 Å². The number of benzene rings is 1. The van der Waals surface area contributed by atoms with Crippen LogP contribution in [0, 0.1) is 0 Å². The summed E-state index contributed by atoms with van der Waals surface area (Å²) in [6.07, 6.45) is 0.530. The minimum atomic E-state index is -0.171. The smallest absolute Gasteiger partial charge is 0.162 e. The number of rotatable bonds is 5. The highest BCUT2D eigenvalue weighted by Crippen LogP contribution is 2.18. The van der Waals surface area contributed by atoms with Crippen molar-refractivity contribution in [2.75, 3.05) is 11.2 Å². The largest absolute Gasteiger partial charge is 0.379 e. The molecule has 0 radical (unpaired) electrons. The van der Waals surface area contributed by atoms with Crippen molar-refractivity contribution in [2.24, 2.45) is 0 Å². The molecule has 0 aliphatic carbocycles. The molecular formula is C13H18ClNO. The number of anilines is 1. The Bertz CT molecular complexity index is 374. The summed E-state index contributed by atoms with van der Waals surface area (Å²) in [7, 11) is 0. The van der Waals surface area contributed by atoms with Gasteiger partial charge in [-0.15, -0.1) is 11.6 Å². The monoisotopic (exact) mass is 239 g/mol. The molecule has 0 unspecified atom stereocenters. The number of Topliss-reactive ketones (excluding diaryl/α,β-unsaturated/α-hetero) is 1. The maximum absolute atomic E-state index is 11.5. The van der Waals surface area contributed by atoms with Gasteiger partial charge < -0.3 is 5.32 Å². The normalized spacial score (nSPS) is 11.2. The molecule has 1 N–H and O–H groups in total. The highest BCUT2D eigenvalue weighted by Gasteiger charge is 2.15. The Balaban J connectivity index is 2.87. The summed E-state index contributed by atoms with van der Waals surface area (Å²) >= 11 is 5.84. The fourth-order valence-electron chi connectivity index (χ4n) is 1.40. The van der Waals surface area contributed by atoms with Gasteiger partial charge in [-0.05, 0) is 26.0 Å². The van der Waals surface area contributed by atoms with Crippen LogP contribution < -0.4 is 5.32 Å². The van der Waals surface area contributed by atoms with E-state index >= 15 is 0 Å². The van der Waals surface area contributed by atoms with Crippen molar-refractivity contribution in [1.29, 1.82) is 0 Å². The number of carbonyl (C=O) groups is 1. The molecule has 0 aliphatic rings. The van der Waals surface area contributed by atoms with Crippen molar-refractivity contribution in [2.45, 2.75) is 32.7 Å². The Morgan fingerprint density at radius 1 is 1.44 bits per heavy atom. The second kappa shape index (κ2) is 5.35. The second-order valence-electron chi connectivity index (χ2n) is 4.50. The number of carbonyl (C=O) groups excluding carboxylic acids is 1. The first-order valence-corrected chi connectivity index (χ1v) is 5.99. The molecule has 0 saturated heterocycles. The van der Waals surface area contributed by atoms with Gasteiger partial charge >= 0.3 is 0 Å². The van der Waals surface area contributed by atoms with Crippen LogP contribution in [-0.4, -0.2) is 17.2 Å². The zero-order valence-corrected chi connectivity index (χ0v) is 10.8. The minimum absolute atomic E-state index is 0.160. The van der Waals surface area contributed by atoms with Gasteiger partial charge in [-0.25, -0.2) is 0 Å². The lowest BCUT2D eigenvalue weighted by molar-refractivity contribution is 0.0988. The van der Waals surface area contributed by atoms with Crippen LogP contribution in [0.5, 0.6) is 0 Å². The molecule has 0 amide bonds. The van der Waals surface area contributed by atoms with Gasteiger partial charge in [0.2, 0.25) is 0 Å². The number of hydrogen-bond acceptors (Lipinski definition) is 2. The van der Waals surface area contributed by atoms with E-state index in [2.05, 4.69) is 5.32 Å². The quantitative estimate of drug-likeness (QED) is 0.627. The Labute approximate surface area is 102 Å². The van der Waals surface area contributed by atoms with Crippen LogP contribution in [0.15, 0.2) is 24.3 Å². The summed E-state index contributed by atoms with van der Waals surface area (Å²) in [6.45, 7) is 5.91. The average Bonchev–Trinajstić information content (AvgIpc) is 2.28. The summed E-state index contributed by atoms with van der Waals surface area (Å²) in [4.78, 5) is 11.5. The van der Waals surface area contributed by atoms with Gasteiger partial charge in [0.15, 0.2) is 5.78 Å². The zero-order chi connectivity index (χ0) is 12.2. The first-order valence-electron chi connectivity index (χ1n) is 5.46. The number of alkyl halides is 1. The third kappa shape index (κ3) is 3.53. The lowest BCUT2D eigenvalue weighted by atomic mass is 10.1. The highest BCUT2D eigenvalue weighted by molar-refractivity contribution is 6.18. The molecule has 1 aromatic carbocycles. The molecule has 2 nitrogen and oxygen atoms in total. The maximum atomic E-state index is 11.5. The van der Waals surface area contributed by atoms with Crippen LogP contribution in [0.1, 0.15) is 37.6 Å². The average molecular weight is 240 g/mol. The summed E-state index contributed by atoms with van der Waals surface area (Å²) in [6, 6.07) is 7.54. The Hall–Kier alpha value is -1.02. The fourth-order valence-corrected chi connectivity index (χ4v) is 1.47. The molecule has 0 aromatic heterocycles. The van der Waals surface area contributed by atoms with Crippen molar-refractivity contribution in [3.8, 4) is 0 Å². The first kappa shape index (κ1) is 13.0. The van der Waals surface area contributed by atoms with E-state index in [9.17, 15) is 4.79 Å². The lowest BCUT2D eigenvalue weighted by Gasteiger charge is -2.25.